The molecule has 2 N–H and O–H groups in total. The maximum Gasteiger partial charge on any atom is 0.141 e. The second-order valence-corrected chi connectivity index (χ2v) is 4.11. The first-order chi connectivity index (χ1) is 8.15. The Hall–Kier alpha value is -1.88. The lowest BCUT2D eigenvalue weighted by Crippen LogP contribution is -2.18. The maximum absolute atomic E-state index is 5.49. The Labute approximate surface area is 100 Å². The molecule has 0 atom stereocenters. The van der Waals surface area contributed by atoms with Gasteiger partial charge in [-0.25, -0.2) is 4.98 Å². The van der Waals surface area contributed by atoms with Crippen LogP contribution in [0.3, 0.4) is 0 Å². The van der Waals surface area contributed by atoms with Crippen LogP contribution in [-0.4, -0.2) is 21.9 Å². The molecule has 0 aliphatic carbocycles. The third-order valence-corrected chi connectivity index (χ3v) is 2.56. The number of aryl methyl sites for hydroxylation is 1. The summed E-state index contributed by atoms with van der Waals surface area (Å²) in [5, 5.41) is 0. The van der Waals surface area contributed by atoms with Gasteiger partial charge in [0.15, 0.2) is 0 Å². The number of rotatable bonds is 4. The van der Waals surface area contributed by atoms with E-state index in [1.807, 2.05) is 20.0 Å². The van der Waals surface area contributed by atoms with Gasteiger partial charge in [0, 0.05) is 18.7 Å². The minimum atomic E-state index is 0.446. The van der Waals surface area contributed by atoms with E-state index < -0.39 is 0 Å². The van der Waals surface area contributed by atoms with Crippen molar-refractivity contribution in [2.75, 3.05) is 12.8 Å². The first kappa shape index (κ1) is 11.6. The highest BCUT2D eigenvalue weighted by atomic mass is 16.3. The van der Waals surface area contributed by atoms with Crippen LogP contribution in [0.1, 0.15) is 17.0 Å². The molecule has 2 rings (SSSR count). The predicted molar refractivity (Wildman–Crippen MR) is 65.1 cm³/mol. The van der Waals surface area contributed by atoms with Crippen LogP contribution in [0.5, 0.6) is 0 Å². The largest absolute Gasteiger partial charge is 0.469 e. The van der Waals surface area contributed by atoms with Crippen molar-refractivity contribution in [3.63, 3.8) is 0 Å². The number of hydrogen-bond donors (Lipinski definition) is 1. The number of anilines is 1. The van der Waals surface area contributed by atoms with Crippen molar-refractivity contribution >= 4 is 5.82 Å². The zero-order valence-electron chi connectivity index (χ0n) is 10.1. The third kappa shape index (κ3) is 3.04. The minimum absolute atomic E-state index is 0.446. The number of nitrogens with two attached hydrogens (primary N) is 1. The van der Waals surface area contributed by atoms with E-state index in [9.17, 15) is 0 Å². The SMILES string of the molecule is Cc1occc1CN(C)Cc1cnc(N)cn1. The molecular formula is C12H16N4O. The van der Waals surface area contributed by atoms with E-state index in [0.29, 0.717) is 5.82 Å². The molecule has 0 bridgehead atoms. The molecule has 0 amide bonds. The van der Waals surface area contributed by atoms with Crippen molar-refractivity contribution < 1.29 is 4.42 Å². The van der Waals surface area contributed by atoms with E-state index in [1.54, 1.807) is 18.7 Å². The second-order valence-electron chi connectivity index (χ2n) is 4.11. The van der Waals surface area contributed by atoms with Gasteiger partial charge in [-0.3, -0.25) is 9.88 Å². The summed E-state index contributed by atoms with van der Waals surface area (Å²) in [5.41, 5.74) is 7.58. The van der Waals surface area contributed by atoms with Crippen LogP contribution in [0.4, 0.5) is 5.82 Å². The Kier molecular flexibility index (Phi) is 3.39. The molecule has 0 saturated heterocycles. The third-order valence-electron chi connectivity index (χ3n) is 2.56. The molecule has 2 aromatic heterocycles. The average molecular weight is 232 g/mol. The van der Waals surface area contributed by atoms with Gasteiger partial charge in [0.2, 0.25) is 0 Å². The molecule has 0 saturated carbocycles. The number of nitrogens with zero attached hydrogens (tertiary/aromatic N) is 3. The van der Waals surface area contributed by atoms with Crippen molar-refractivity contribution in [1.82, 2.24) is 14.9 Å². The van der Waals surface area contributed by atoms with Crippen LogP contribution >= 0.6 is 0 Å². The first-order valence-corrected chi connectivity index (χ1v) is 5.43. The maximum atomic E-state index is 5.49. The summed E-state index contributed by atoms with van der Waals surface area (Å²) in [6, 6.07) is 1.99. The molecule has 0 aliphatic heterocycles. The summed E-state index contributed by atoms with van der Waals surface area (Å²) < 4.78 is 5.26. The van der Waals surface area contributed by atoms with Gasteiger partial charge in [0.05, 0.1) is 24.4 Å². The van der Waals surface area contributed by atoms with Gasteiger partial charge in [0.25, 0.3) is 0 Å². The lowest BCUT2D eigenvalue weighted by atomic mass is 10.2. The van der Waals surface area contributed by atoms with Gasteiger partial charge < -0.3 is 10.2 Å². The Morgan fingerprint density at radius 1 is 1.29 bits per heavy atom. The van der Waals surface area contributed by atoms with Crippen LogP contribution in [0.2, 0.25) is 0 Å². The van der Waals surface area contributed by atoms with Crippen molar-refractivity contribution in [2.24, 2.45) is 0 Å². The van der Waals surface area contributed by atoms with Crippen molar-refractivity contribution in [2.45, 2.75) is 20.0 Å². The predicted octanol–water partition coefficient (Wildman–Crippen LogP) is 1.59. The molecule has 0 radical (unpaired) electrons. The standard InChI is InChI=1S/C12H16N4O/c1-9-10(3-4-17-9)7-16(2)8-11-5-15-12(13)6-14-11/h3-6H,7-8H2,1-2H3,(H2,13,15). The average Bonchev–Trinajstić information content (AvgIpc) is 2.68. The van der Waals surface area contributed by atoms with Gasteiger partial charge in [-0.15, -0.1) is 0 Å². The molecular weight excluding hydrogens is 216 g/mol. The molecule has 0 aromatic carbocycles. The Balaban J connectivity index is 1.95. The number of furan rings is 1. The summed E-state index contributed by atoms with van der Waals surface area (Å²) in [5.74, 6) is 1.40. The van der Waals surface area contributed by atoms with E-state index in [-0.39, 0.29) is 0 Å². The fourth-order valence-electron chi connectivity index (χ4n) is 1.64. The molecule has 2 aromatic rings. The monoisotopic (exact) mass is 232 g/mol. The van der Waals surface area contributed by atoms with Gasteiger partial charge in [-0.2, -0.15) is 0 Å². The van der Waals surface area contributed by atoms with E-state index in [0.717, 1.165) is 24.5 Å². The molecule has 0 aliphatic rings. The molecule has 0 unspecified atom stereocenters. The molecule has 2 heterocycles. The summed E-state index contributed by atoms with van der Waals surface area (Å²) in [7, 11) is 2.03. The summed E-state index contributed by atoms with van der Waals surface area (Å²) >= 11 is 0. The smallest absolute Gasteiger partial charge is 0.141 e. The molecule has 90 valence electrons. The fourth-order valence-corrected chi connectivity index (χ4v) is 1.64. The normalized spacial score (nSPS) is 11.0. The van der Waals surface area contributed by atoms with E-state index in [2.05, 4.69) is 14.9 Å². The van der Waals surface area contributed by atoms with Gasteiger partial charge in [0.1, 0.15) is 11.6 Å². The highest BCUT2D eigenvalue weighted by Gasteiger charge is 2.06. The highest BCUT2D eigenvalue weighted by Crippen LogP contribution is 2.12. The van der Waals surface area contributed by atoms with Crippen molar-refractivity contribution in [3.05, 3.63) is 41.7 Å². The zero-order valence-corrected chi connectivity index (χ0v) is 10.1. The van der Waals surface area contributed by atoms with E-state index >= 15 is 0 Å². The second kappa shape index (κ2) is 4.97. The molecule has 5 heteroatoms. The summed E-state index contributed by atoms with van der Waals surface area (Å²) in [6.07, 6.45) is 4.99. The molecule has 5 nitrogen and oxygen atoms in total. The Morgan fingerprint density at radius 2 is 2.12 bits per heavy atom. The van der Waals surface area contributed by atoms with Gasteiger partial charge >= 0.3 is 0 Å². The van der Waals surface area contributed by atoms with E-state index in [4.69, 9.17) is 10.2 Å². The topological polar surface area (TPSA) is 68.2 Å². The summed E-state index contributed by atoms with van der Waals surface area (Å²) in [6.45, 7) is 3.53. The lowest BCUT2D eigenvalue weighted by molar-refractivity contribution is 0.312. The molecule has 17 heavy (non-hydrogen) atoms. The number of aromatic nitrogens is 2. The molecule has 0 fully saturated rings. The number of hydrogen-bond acceptors (Lipinski definition) is 5. The quantitative estimate of drug-likeness (QED) is 0.867. The van der Waals surface area contributed by atoms with Gasteiger partial charge in [-0.1, -0.05) is 0 Å². The Morgan fingerprint density at radius 3 is 2.71 bits per heavy atom. The fraction of sp³-hybridized carbons (Fsp3) is 0.333. The van der Waals surface area contributed by atoms with Crippen LogP contribution < -0.4 is 5.73 Å². The number of nitrogen functional groups attached to an aromatic ring is 1. The minimum Gasteiger partial charge on any atom is -0.469 e. The first-order valence-electron chi connectivity index (χ1n) is 5.43. The van der Waals surface area contributed by atoms with Crippen LogP contribution in [0.25, 0.3) is 0 Å². The van der Waals surface area contributed by atoms with Gasteiger partial charge in [-0.05, 0) is 20.0 Å². The van der Waals surface area contributed by atoms with Crippen molar-refractivity contribution in [1.29, 1.82) is 0 Å². The van der Waals surface area contributed by atoms with Crippen LogP contribution in [0, 0.1) is 6.92 Å². The van der Waals surface area contributed by atoms with Crippen molar-refractivity contribution in [3.8, 4) is 0 Å². The van der Waals surface area contributed by atoms with E-state index in [1.165, 1.54) is 5.56 Å². The lowest BCUT2D eigenvalue weighted by Gasteiger charge is -2.15. The highest BCUT2D eigenvalue weighted by molar-refractivity contribution is 5.22. The summed E-state index contributed by atoms with van der Waals surface area (Å²) in [4.78, 5) is 10.4. The zero-order chi connectivity index (χ0) is 12.3. The van der Waals surface area contributed by atoms with Crippen LogP contribution in [-0.2, 0) is 13.1 Å². The molecule has 0 spiro atoms. The Bertz CT molecular complexity index is 478. The van der Waals surface area contributed by atoms with Crippen LogP contribution in [0.15, 0.2) is 29.1 Å².